The molecule has 4 rings (SSSR count). The molecule has 0 fully saturated rings. The molecule has 150 valence electrons. The van der Waals surface area contributed by atoms with E-state index in [1.165, 1.54) is 0 Å². The van der Waals surface area contributed by atoms with Crippen molar-refractivity contribution in [3.8, 4) is 5.75 Å². The standard InChI is InChI=1S/C24H26N2O3/c1-15(27)26-20-11-6-5-10-18(20)25-19-13-24(2,3)14-21(28)22(19)23(26)16-8-7-9-17(12-16)29-4/h5-13,22-23,25H,14H2,1-4H3. The molecule has 2 unspecified atom stereocenters. The number of ketones is 1. The van der Waals surface area contributed by atoms with Gasteiger partial charge in [0.05, 0.1) is 30.4 Å². The van der Waals surface area contributed by atoms with Gasteiger partial charge in [-0.1, -0.05) is 44.2 Å². The molecule has 5 heteroatoms. The maximum atomic E-state index is 13.4. The third-order valence-corrected chi connectivity index (χ3v) is 5.67. The molecular formula is C24H26N2O3. The van der Waals surface area contributed by atoms with E-state index >= 15 is 0 Å². The second-order valence-electron chi connectivity index (χ2n) is 8.46. The fraction of sp³-hybridized carbons (Fsp3) is 0.333. The zero-order valence-electron chi connectivity index (χ0n) is 17.2. The first-order chi connectivity index (χ1) is 13.8. The smallest absolute Gasteiger partial charge is 0.224 e. The number of benzene rings is 2. The summed E-state index contributed by atoms with van der Waals surface area (Å²) < 4.78 is 5.42. The minimum Gasteiger partial charge on any atom is -0.497 e. The molecule has 2 atom stereocenters. The van der Waals surface area contributed by atoms with E-state index in [0.717, 1.165) is 22.6 Å². The van der Waals surface area contributed by atoms with Gasteiger partial charge in [0.1, 0.15) is 11.5 Å². The van der Waals surface area contributed by atoms with Gasteiger partial charge in [-0.25, -0.2) is 0 Å². The molecule has 0 spiro atoms. The molecular weight excluding hydrogens is 364 g/mol. The van der Waals surface area contributed by atoms with Gasteiger partial charge < -0.3 is 15.0 Å². The van der Waals surface area contributed by atoms with Crippen LogP contribution in [0, 0.1) is 11.3 Å². The van der Waals surface area contributed by atoms with E-state index in [9.17, 15) is 9.59 Å². The molecule has 2 aromatic rings. The van der Waals surface area contributed by atoms with Gasteiger partial charge in [0, 0.05) is 19.0 Å². The van der Waals surface area contributed by atoms with Gasteiger partial charge in [0.15, 0.2) is 0 Å². The van der Waals surface area contributed by atoms with Crippen LogP contribution in [0.5, 0.6) is 5.75 Å². The number of Topliss-reactive ketones (excluding diaryl/α,β-unsaturated/α-hetero) is 1. The van der Waals surface area contributed by atoms with Gasteiger partial charge in [-0.05, 0) is 35.2 Å². The zero-order chi connectivity index (χ0) is 20.8. The fourth-order valence-electron chi connectivity index (χ4n) is 4.53. The van der Waals surface area contributed by atoms with Crippen LogP contribution in [0.3, 0.4) is 0 Å². The monoisotopic (exact) mass is 390 g/mol. The molecule has 0 saturated heterocycles. The van der Waals surface area contributed by atoms with Crippen molar-refractivity contribution in [3.63, 3.8) is 0 Å². The minimum absolute atomic E-state index is 0.106. The topological polar surface area (TPSA) is 58.6 Å². The molecule has 5 nitrogen and oxygen atoms in total. The van der Waals surface area contributed by atoms with Crippen molar-refractivity contribution in [2.75, 3.05) is 17.3 Å². The van der Waals surface area contributed by atoms with Crippen molar-refractivity contribution >= 4 is 23.1 Å². The molecule has 1 aliphatic carbocycles. The number of ether oxygens (including phenoxy) is 1. The molecule has 1 aliphatic heterocycles. The highest BCUT2D eigenvalue weighted by atomic mass is 16.5. The van der Waals surface area contributed by atoms with Crippen LogP contribution in [0.15, 0.2) is 60.3 Å². The highest BCUT2D eigenvalue weighted by Crippen LogP contribution is 2.48. The number of methoxy groups -OCH3 is 1. The van der Waals surface area contributed by atoms with E-state index < -0.39 is 12.0 Å². The molecule has 2 aromatic carbocycles. The van der Waals surface area contributed by atoms with Gasteiger partial charge in [-0.3, -0.25) is 9.59 Å². The molecule has 1 heterocycles. The number of fused-ring (bicyclic) bond motifs is 2. The van der Waals surface area contributed by atoms with E-state index in [2.05, 4.69) is 25.2 Å². The predicted octanol–water partition coefficient (Wildman–Crippen LogP) is 4.71. The van der Waals surface area contributed by atoms with Crippen LogP contribution >= 0.6 is 0 Å². The molecule has 1 amide bonds. The number of nitrogens with one attached hydrogen (secondary N) is 1. The Hall–Kier alpha value is -3.08. The Morgan fingerprint density at radius 3 is 2.66 bits per heavy atom. The molecule has 0 saturated carbocycles. The van der Waals surface area contributed by atoms with Crippen LogP contribution in [0.25, 0.3) is 0 Å². The largest absolute Gasteiger partial charge is 0.497 e. The molecule has 0 bridgehead atoms. The van der Waals surface area contributed by atoms with E-state index in [-0.39, 0.29) is 17.1 Å². The number of allylic oxidation sites excluding steroid dienone is 1. The lowest BCUT2D eigenvalue weighted by Gasteiger charge is -2.39. The first kappa shape index (κ1) is 19.2. The lowest BCUT2D eigenvalue weighted by atomic mass is 9.72. The van der Waals surface area contributed by atoms with Crippen molar-refractivity contribution < 1.29 is 14.3 Å². The molecule has 2 aliphatic rings. The van der Waals surface area contributed by atoms with Crippen molar-refractivity contribution in [1.82, 2.24) is 0 Å². The average Bonchev–Trinajstić information content (AvgIpc) is 2.81. The summed E-state index contributed by atoms with van der Waals surface area (Å²) in [7, 11) is 1.62. The number of hydrogen-bond donors (Lipinski definition) is 1. The van der Waals surface area contributed by atoms with E-state index in [1.807, 2.05) is 48.5 Å². The normalized spacial score (nSPS) is 22.6. The van der Waals surface area contributed by atoms with Crippen LogP contribution in [0.2, 0.25) is 0 Å². The highest BCUT2D eigenvalue weighted by Gasteiger charge is 2.45. The minimum atomic E-state index is -0.466. The Balaban J connectivity index is 1.99. The summed E-state index contributed by atoms with van der Waals surface area (Å²) in [6.45, 7) is 5.68. The number of carbonyl (C=O) groups excluding carboxylic acids is 2. The summed E-state index contributed by atoms with van der Waals surface area (Å²) in [6, 6.07) is 14.9. The number of anilines is 2. The highest BCUT2D eigenvalue weighted by molar-refractivity contribution is 6.00. The predicted molar refractivity (Wildman–Crippen MR) is 114 cm³/mol. The fourth-order valence-corrected chi connectivity index (χ4v) is 4.53. The van der Waals surface area contributed by atoms with E-state index in [4.69, 9.17) is 4.74 Å². The lowest BCUT2D eigenvalue weighted by Crippen LogP contribution is -2.42. The Labute approximate surface area is 171 Å². The van der Waals surface area contributed by atoms with Crippen molar-refractivity contribution in [2.24, 2.45) is 11.3 Å². The van der Waals surface area contributed by atoms with Gasteiger partial charge in [-0.2, -0.15) is 0 Å². The van der Waals surface area contributed by atoms with Crippen LogP contribution in [-0.2, 0) is 9.59 Å². The number of hydrogen-bond acceptors (Lipinski definition) is 4. The van der Waals surface area contributed by atoms with E-state index in [0.29, 0.717) is 12.2 Å². The number of carbonyl (C=O) groups is 2. The van der Waals surface area contributed by atoms with Crippen molar-refractivity contribution in [1.29, 1.82) is 0 Å². The first-order valence-corrected chi connectivity index (χ1v) is 9.86. The van der Waals surface area contributed by atoms with Crippen LogP contribution in [0.1, 0.15) is 38.8 Å². The lowest BCUT2D eigenvalue weighted by molar-refractivity contribution is -0.125. The Morgan fingerprint density at radius 1 is 1.17 bits per heavy atom. The number of para-hydroxylation sites is 2. The maximum absolute atomic E-state index is 13.4. The van der Waals surface area contributed by atoms with Crippen LogP contribution < -0.4 is 15.0 Å². The van der Waals surface area contributed by atoms with Gasteiger partial charge in [0.25, 0.3) is 0 Å². The Morgan fingerprint density at radius 2 is 1.93 bits per heavy atom. The van der Waals surface area contributed by atoms with Crippen LogP contribution in [-0.4, -0.2) is 18.8 Å². The Kier molecular flexibility index (Phi) is 4.69. The summed E-state index contributed by atoms with van der Waals surface area (Å²) >= 11 is 0. The van der Waals surface area contributed by atoms with Crippen molar-refractivity contribution in [2.45, 2.75) is 33.2 Å². The summed E-state index contributed by atoms with van der Waals surface area (Å²) in [6.07, 6.45) is 2.58. The van der Waals surface area contributed by atoms with Gasteiger partial charge in [-0.15, -0.1) is 0 Å². The quantitative estimate of drug-likeness (QED) is 0.806. The van der Waals surface area contributed by atoms with Gasteiger partial charge >= 0.3 is 0 Å². The summed E-state index contributed by atoms with van der Waals surface area (Å²) in [5.41, 5.74) is 3.09. The number of rotatable bonds is 2. The summed E-state index contributed by atoms with van der Waals surface area (Å²) in [5.74, 6) is 0.259. The molecule has 0 radical (unpaired) electrons. The summed E-state index contributed by atoms with van der Waals surface area (Å²) in [5, 5.41) is 3.48. The zero-order valence-corrected chi connectivity index (χ0v) is 17.2. The Bertz CT molecular complexity index is 1010. The van der Waals surface area contributed by atoms with Crippen LogP contribution in [0.4, 0.5) is 11.4 Å². The summed E-state index contributed by atoms with van der Waals surface area (Å²) in [4.78, 5) is 28.1. The first-order valence-electron chi connectivity index (χ1n) is 9.86. The number of amides is 1. The van der Waals surface area contributed by atoms with Crippen molar-refractivity contribution in [3.05, 3.63) is 65.9 Å². The number of nitrogens with zero attached hydrogens (tertiary/aromatic N) is 1. The third-order valence-electron chi connectivity index (χ3n) is 5.67. The van der Waals surface area contributed by atoms with Gasteiger partial charge in [0.2, 0.25) is 5.91 Å². The molecule has 29 heavy (non-hydrogen) atoms. The third kappa shape index (κ3) is 3.41. The maximum Gasteiger partial charge on any atom is 0.224 e. The molecule has 0 aromatic heterocycles. The molecule has 1 N–H and O–H groups in total. The van der Waals surface area contributed by atoms with E-state index in [1.54, 1.807) is 18.9 Å². The average molecular weight is 390 g/mol. The second kappa shape index (κ2) is 7.07. The SMILES string of the molecule is COc1cccc(C2C3C(=O)CC(C)(C)C=C3Nc3ccccc3N2C(C)=O)c1. The second-order valence-corrected chi connectivity index (χ2v) is 8.46.